The molecule has 2 aromatic heterocycles. The molecule has 156 valence electrons. The van der Waals surface area contributed by atoms with Crippen LogP contribution in [-0.4, -0.2) is 21.4 Å². The normalized spacial score (nSPS) is 10.6. The van der Waals surface area contributed by atoms with Gasteiger partial charge in [-0.15, -0.1) is 11.3 Å². The van der Waals surface area contributed by atoms with E-state index in [-0.39, 0.29) is 18.9 Å². The number of nitrogens with zero attached hydrogens (tertiary/aromatic N) is 2. The molecule has 7 heteroatoms. The fourth-order valence-electron chi connectivity index (χ4n) is 2.97. The van der Waals surface area contributed by atoms with Crippen molar-refractivity contribution in [2.75, 3.05) is 5.32 Å². The Labute approximate surface area is 184 Å². The lowest BCUT2D eigenvalue weighted by molar-refractivity contribution is -0.115. The summed E-state index contributed by atoms with van der Waals surface area (Å²) >= 11 is 1.37. The zero-order valence-corrected chi connectivity index (χ0v) is 17.8. The lowest BCUT2D eigenvalue weighted by atomic mass is 10.2. The van der Waals surface area contributed by atoms with Crippen LogP contribution in [0.25, 0.3) is 5.69 Å². The predicted molar refractivity (Wildman–Crippen MR) is 121 cm³/mol. The minimum Gasteiger partial charge on any atom is -0.456 e. The van der Waals surface area contributed by atoms with Gasteiger partial charge in [0.05, 0.1) is 17.7 Å². The fourth-order valence-corrected chi connectivity index (χ4v) is 3.75. The van der Waals surface area contributed by atoms with Gasteiger partial charge < -0.3 is 14.6 Å². The third-order valence-electron chi connectivity index (χ3n) is 4.60. The molecule has 0 aliphatic rings. The van der Waals surface area contributed by atoms with Crippen molar-refractivity contribution in [3.63, 3.8) is 0 Å². The number of hydrogen-bond acceptors (Lipinski definition) is 5. The average molecular weight is 432 g/mol. The van der Waals surface area contributed by atoms with Crippen LogP contribution in [0.15, 0.2) is 78.4 Å². The first kappa shape index (κ1) is 20.6. The number of esters is 1. The van der Waals surface area contributed by atoms with E-state index in [1.807, 2.05) is 72.4 Å². The molecule has 4 aromatic rings. The van der Waals surface area contributed by atoms with E-state index in [1.165, 1.54) is 11.3 Å². The molecule has 0 fully saturated rings. The highest BCUT2D eigenvalue weighted by molar-refractivity contribution is 7.09. The summed E-state index contributed by atoms with van der Waals surface area (Å²) in [7, 11) is 0. The summed E-state index contributed by atoms with van der Waals surface area (Å²) in [5.41, 5.74) is 3.96. The number of aryl methyl sites for hydroxylation is 1. The van der Waals surface area contributed by atoms with Crippen LogP contribution in [-0.2, 0) is 22.6 Å². The van der Waals surface area contributed by atoms with Gasteiger partial charge in [0.25, 0.3) is 0 Å². The van der Waals surface area contributed by atoms with Gasteiger partial charge in [0.2, 0.25) is 5.91 Å². The standard InChI is InChI=1S/C24H21N3O3S/c1-17-4-8-19(9-5-17)25-22(28)14-23-26-20(16-31-23)15-30-24(29)18-6-10-21(11-7-18)27-12-2-3-13-27/h2-13,16H,14-15H2,1H3,(H,25,28). The van der Waals surface area contributed by atoms with E-state index in [0.29, 0.717) is 16.3 Å². The van der Waals surface area contributed by atoms with E-state index in [9.17, 15) is 9.59 Å². The SMILES string of the molecule is Cc1ccc(NC(=O)Cc2nc(COC(=O)c3ccc(-n4cccc4)cc3)cs2)cc1. The van der Waals surface area contributed by atoms with E-state index in [2.05, 4.69) is 10.3 Å². The van der Waals surface area contributed by atoms with Crippen molar-refractivity contribution >= 4 is 28.9 Å². The Bertz CT molecular complexity index is 1160. The van der Waals surface area contributed by atoms with Gasteiger partial charge in [-0.25, -0.2) is 9.78 Å². The second-order valence-electron chi connectivity index (χ2n) is 7.04. The maximum atomic E-state index is 12.3. The molecule has 0 unspecified atom stereocenters. The molecule has 2 heterocycles. The smallest absolute Gasteiger partial charge is 0.338 e. The lowest BCUT2D eigenvalue weighted by Crippen LogP contribution is -2.14. The molecule has 0 aliphatic carbocycles. The molecule has 0 saturated carbocycles. The number of hydrogen-bond donors (Lipinski definition) is 1. The first-order valence-corrected chi connectivity index (χ1v) is 10.6. The monoisotopic (exact) mass is 431 g/mol. The number of benzene rings is 2. The first-order valence-electron chi connectivity index (χ1n) is 9.77. The van der Waals surface area contributed by atoms with Crippen LogP contribution in [0, 0.1) is 6.92 Å². The third kappa shape index (κ3) is 5.46. The molecule has 0 spiro atoms. The summed E-state index contributed by atoms with van der Waals surface area (Å²) in [4.78, 5) is 28.9. The molecule has 0 bridgehead atoms. The molecule has 31 heavy (non-hydrogen) atoms. The van der Waals surface area contributed by atoms with Crippen LogP contribution >= 0.6 is 11.3 Å². The number of nitrogens with one attached hydrogen (secondary N) is 1. The molecule has 2 aromatic carbocycles. The van der Waals surface area contributed by atoms with Gasteiger partial charge in [-0.3, -0.25) is 4.79 Å². The van der Waals surface area contributed by atoms with Gasteiger partial charge in [-0.2, -0.15) is 0 Å². The largest absolute Gasteiger partial charge is 0.456 e. The summed E-state index contributed by atoms with van der Waals surface area (Å²) in [6.45, 7) is 2.06. The van der Waals surface area contributed by atoms with Gasteiger partial charge in [-0.05, 0) is 55.5 Å². The first-order chi connectivity index (χ1) is 15.1. The number of carbonyl (C=O) groups is 2. The van der Waals surface area contributed by atoms with Gasteiger partial charge >= 0.3 is 5.97 Å². The number of carbonyl (C=O) groups excluding carboxylic acids is 2. The zero-order chi connectivity index (χ0) is 21.6. The highest BCUT2D eigenvalue weighted by Gasteiger charge is 2.12. The van der Waals surface area contributed by atoms with E-state index in [4.69, 9.17) is 4.74 Å². The molecule has 1 amide bonds. The summed E-state index contributed by atoms with van der Waals surface area (Å²) in [6, 6.07) is 18.7. The van der Waals surface area contributed by atoms with Crippen molar-refractivity contribution in [1.82, 2.24) is 9.55 Å². The molecule has 0 aliphatic heterocycles. The van der Waals surface area contributed by atoms with E-state index in [0.717, 1.165) is 16.9 Å². The van der Waals surface area contributed by atoms with Gasteiger partial charge in [0.1, 0.15) is 11.6 Å². The Hall–Kier alpha value is -3.71. The molecule has 6 nitrogen and oxygen atoms in total. The van der Waals surface area contributed by atoms with Gasteiger partial charge in [0.15, 0.2) is 0 Å². The van der Waals surface area contributed by atoms with Crippen molar-refractivity contribution in [3.05, 3.63) is 100 Å². The molecular weight excluding hydrogens is 410 g/mol. The molecular formula is C24H21N3O3S. The average Bonchev–Trinajstić information content (AvgIpc) is 3.46. The number of thiazole rings is 1. The Morgan fingerprint density at radius 2 is 1.74 bits per heavy atom. The van der Waals surface area contributed by atoms with Gasteiger partial charge in [0, 0.05) is 29.1 Å². The number of rotatable bonds is 7. The van der Waals surface area contributed by atoms with Crippen molar-refractivity contribution < 1.29 is 14.3 Å². The molecule has 1 N–H and O–H groups in total. The quantitative estimate of drug-likeness (QED) is 0.428. The van der Waals surface area contributed by atoms with Crippen LogP contribution in [0.4, 0.5) is 5.69 Å². The Morgan fingerprint density at radius 3 is 2.45 bits per heavy atom. The molecule has 0 atom stereocenters. The molecule has 0 radical (unpaired) electrons. The highest BCUT2D eigenvalue weighted by Crippen LogP contribution is 2.15. The van der Waals surface area contributed by atoms with Crippen molar-refractivity contribution in [2.24, 2.45) is 0 Å². The number of amides is 1. The number of aromatic nitrogens is 2. The summed E-state index contributed by atoms with van der Waals surface area (Å²) < 4.78 is 7.33. The van der Waals surface area contributed by atoms with Crippen LogP contribution in [0.2, 0.25) is 0 Å². The second-order valence-corrected chi connectivity index (χ2v) is 7.98. The maximum absolute atomic E-state index is 12.3. The Kier molecular flexibility index (Phi) is 6.24. The lowest BCUT2D eigenvalue weighted by Gasteiger charge is -2.06. The van der Waals surface area contributed by atoms with Gasteiger partial charge in [-0.1, -0.05) is 17.7 Å². The maximum Gasteiger partial charge on any atom is 0.338 e. The summed E-state index contributed by atoms with van der Waals surface area (Å²) in [5.74, 6) is -0.546. The Morgan fingerprint density at radius 1 is 1.03 bits per heavy atom. The zero-order valence-electron chi connectivity index (χ0n) is 16.9. The predicted octanol–water partition coefficient (Wildman–Crippen LogP) is 4.78. The molecule has 0 saturated heterocycles. The number of anilines is 1. The van der Waals surface area contributed by atoms with Crippen molar-refractivity contribution in [1.29, 1.82) is 0 Å². The van der Waals surface area contributed by atoms with E-state index >= 15 is 0 Å². The second kappa shape index (κ2) is 9.40. The topological polar surface area (TPSA) is 73.2 Å². The van der Waals surface area contributed by atoms with E-state index in [1.54, 1.807) is 17.5 Å². The summed E-state index contributed by atoms with van der Waals surface area (Å²) in [5, 5.41) is 5.33. The minimum atomic E-state index is -0.411. The van der Waals surface area contributed by atoms with Crippen molar-refractivity contribution in [3.8, 4) is 5.69 Å². The fraction of sp³-hybridized carbons (Fsp3) is 0.125. The Balaban J connectivity index is 1.28. The molecule has 4 rings (SSSR count). The highest BCUT2D eigenvalue weighted by atomic mass is 32.1. The minimum absolute atomic E-state index is 0.0638. The van der Waals surface area contributed by atoms with Crippen LogP contribution in [0.1, 0.15) is 26.6 Å². The van der Waals surface area contributed by atoms with Crippen LogP contribution in [0.3, 0.4) is 0 Å². The van der Waals surface area contributed by atoms with Crippen molar-refractivity contribution in [2.45, 2.75) is 20.0 Å². The third-order valence-corrected chi connectivity index (χ3v) is 5.50. The van der Waals surface area contributed by atoms with Crippen LogP contribution in [0.5, 0.6) is 0 Å². The summed E-state index contributed by atoms with van der Waals surface area (Å²) in [6.07, 6.45) is 4.05. The number of ether oxygens (including phenoxy) is 1. The van der Waals surface area contributed by atoms with Crippen LogP contribution < -0.4 is 5.32 Å². The van der Waals surface area contributed by atoms with E-state index < -0.39 is 5.97 Å².